The van der Waals surface area contributed by atoms with E-state index in [9.17, 15) is 5.11 Å². The van der Waals surface area contributed by atoms with E-state index in [1.165, 1.54) is 18.4 Å². The Morgan fingerprint density at radius 1 is 1.47 bits per heavy atom. The molecule has 0 aliphatic heterocycles. The third-order valence-corrected chi connectivity index (χ3v) is 4.19. The molecule has 4 heteroatoms. The summed E-state index contributed by atoms with van der Waals surface area (Å²) in [6.45, 7) is 2.68. The Labute approximate surface area is 117 Å². The fourth-order valence-electron chi connectivity index (χ4n) is 2.32. The molecule has 0 radical (unpaired) electrons. The number of pyridine rings is 1. The molecule has 1 unspecified atom stereocenters. The largest absolute Gasteiger partial charge is 0.389 e. The Bertz CT molecular complexity index is 535. The van der Waals surface area contributed by atoms with Gasteiger partial charge < -0.3 is 10.0 Å². The zero-order chi connectivity index (χ0) is 13.2. The molecule has 3 nitrogen and oxygen atoms in total. The molecule has 0 amide bonds. The summed E-state index contributed by atoms with van der Waals surface area (Å²) in [5.41, 5.74) is 2.24. The van der Waals surface area contributed by atoms with Crippen molar-refractivity contribution in [2.75, 3.05) is 4.90 Å². The van der Waals surface area contributed by atoms with Crippen LogP contribution in [0.1, 0.15) is 37.0 Å². The van der Waals surface area contributed by atoms with Crippen molar-refractivity contribution in [1.82, 2.24) is 4.98 Å². The van der Waals surface area contributed by atoms with Gasteiger partial charge in [0.05, 0.1) is 6.10 Å². The first-order valence-corrected chi connectivity index (χ1v) is 7.60. The van der Waals surface area contributed by atoms with Crippen molar-refractivity contribution in [3.63, 3.8) is 0 Å². The van der Waals surface area contributed by atoms with Crippen molar-refractivity contribution in [3.05, 3.63) is 46.3 Å². The first-order valence-electron chi connectivity index (χ1n) is 6.66. The number of aliphatic hydroxyl groups is 1. The Morgan fingerprint density at radius 3 is 2.95 bits per heavy atom. The summed E-state index contributed by atoms with van der Waals surface area (Å²) in [4.78, 5) is 6.85. The van der Waals surface area contributed by atoms with Gasteiger partial charge in [-0.2, -0.15) is 11.3 Å². The van der Waals surface area contributed by atoms with Gasteiger partial charge in [0.15, 0.2) is 0 Å². The van der Waals surface area contributed by atoms with Crippen molar-refractivity contribution < 1.29 is 5.11 Å². The second-order valence-electron chi connectivity index (χ2n) is 5.08. The molecular formula is C15H18N2OS. The van der Waals surface area contributed by atoms with E-state index in [1.54, 1.807) is 18.3 Å². The maximum atomic E-state index is 9.92. The summed E-state index contributed by atoms with van der Waals surface area (Å²) in [5.74, 6) is 0.936. The first kappa shape index (κ1) is 12.6. The van der Waals surface area contributed by atoms with Gasteiger partial charge in [-0.25, -0.2) is 4.98 Å². The molecule has 1 atom stereocenters. The number of anilines is 1. The van der Waals surface area contributed by atoms with Crippen molar-refractivity contribution in [3.8, 4) is 0 Å². The molecule has 0 aromatic carbocycles. The molecule has 2 aromatic heterocycles. The van der Waals surface area contributed by atoms with Crippen molar-refractivity contribution in [2.45, 2.75) is 38.5 Å². The van der Waals surface area contributed by atoms with Crippen LogP contribution >= 0.6 is 11.3 Å². The Morgan fingerprint density at radius 2 is 2.32 bits per heavy atom. The zero-order valence-corrected chi connectivity index (χ0v) is 11.8. The summed E-state index contributed by atoms with van der Waals surface area (Å²) in [5, 5.41) is 14.2. The predicted octanol–water partition coefficient (Wildman–Crippen LogP) is 3.37. The lowest BCUT2D eigenvalue weighted by Gasteiger charge is -2.26. The first-order chi connectivity index (χ1) is 9.25. The van der Waals surface area contributed by atoms with Gasteiger partial charge in [0, 0.05) is 24.3 Å². The fraction of sp³-hybridized carbons (Fsp3) is 0.400. The fourth-order valence-corrected chi connectivity index (χ4v) is 2.98. The van der Waals surface area contributed by atoms with Gasteiger partial charge in [0.25, 0.3) is 0 Å². The highest BCUT2D eigenvalue weighted by molar-refractivity contribution is 7.07. The summed E-state index contributed by atoms with van der Waals surface area (Å²) >= 11 is 1.72. The lowest BCUT2D eigenvalue weighted by atomic mass is 10.1. The molecule has 1 aliphatic rings. The maximum Gasteiger partial charge on any atom is 0.134 e. The normalized spacial score (nSPS) is 16.3. The second-order valence-corrected chi connectivity index (χ2v) is 5.86. The molecule has 1 saturated carbocycles. The van der Waals surface area contributed by atoms with Gasteiger partial charge in [-0.05, 0) is 48.2 Å². The van der Waals surface area contributed by atoms with Crippen LogP contribution < -0.4 is 4.90 Å². The quantitative estimate of drug-likeness (QED) is 0.908. The summed E-state index contributed by atoms with van der Waals surface area (Å²) in [7, 11) is 0. The summed E-state index contributed by atoms with van der Waals surface area (Å²) in [6, 6.07) is 6.59. The molecular weight excluding hydrogens is 256 g/mol. The van der Waals surface area contributed by atoms with Gasteiger partial charge in [0.1, 0.15) is 5.82 Å². The van der Waals surface area contributed by atoms with Crippen LogP contribution in [0.4, 0.5) is 5.82 Å². The highest BCUT2D eigenvalue weighted by Gasteiger charge is 2.31. The van der Waals surface area contributed by atoms with Gasteiger partial charge in [-0.15, -0.1) is 0 Å². The second kappa shape index (κ2) is 5.31. The molecule has 1 fully saturated rings. The molecule has 0 saturated heterocycles. The third-order valence-electron chi connectivity index (χ3n) is 3.46. The van der Waals surface area contributed by atoms with E-state index >= 15 is 0 Å². The van der Waals surface area contributed by atoms with Crippen LogP contribution in [0.3, 0.4) is 0 Å². The van der Waals surface area contributed by atoms with Gasteiger partial charge in [0.2, 0.25) is 0 Å². The van der Waals surface area contributed by atoms with Crippen LogP contribution in [-0.2, 0) is 6.54 Å². The highest BCUT2D eigenvalue weighted by atomic mass is 32.1. The molecule has 2 aromatic rings. The molecule has 0 spiro atoms. The molecule has 2 heterocycles. The van der Waals surface area contributed by atoms with E-state index in [-0.39, 0.29) is 0 Å². The molecule has 0 bridgehead atoms. The minimum Gasteiger partial charge on any atom is -0.389 e. The van der Waals surface area contributed by atoms with Gasteiger partial charge in [-0.3, -0.25) is 0 Å². The van der Waals surface area contributed by atoms with E-state index in [0.29, 0.717) is 6.04 Å². The van der Waals surface area contributed by atoms with E-state index in [1.807, 2.05) is 18.3 Å². The minimum absolute atomic E-state index is 0.479. The molecule has 100 valence electrons. The average molecular weight is 274 g/mol. The lowest BCUT2D eigenvalue weighted by Crippen LogP contribution is -2.27. The molecule has 1 N–H and O–H groups in total. The van der Waals surface area contributed by atoms with Crippen LogP contribution in [0, 0.1) is 0 Å². The number of aliphatic hydroxyl groups excluding tert-OH is 1. The van der Waals surface area contributed by atoms with E-state index in [4.69, 9.17) is 0 Å². The van der Waals surface area contributed by atoms with Crippen molar-refractivity contribution >= 4 is 17.2 Å². The summed E-state index contributed by atoms with van der Waals surface area (Å²) < 4.78 is 0. The standard InChI is InChI=1S/C15H18N2OS/c1-11(18)14-3-2-7-16-15(14)17(13-4-5-13)9-12-6-8-19-10-12/h2-3,6-8,10-11,13,18H,4-5,9H2,1H3. The number of rotatable bonds is 5. The molecule has 1 aliphatic carbocycles. The predicted molar refractivity (Wildman–Crippen MR) is 78.4 cm³/mol. The van der Waals surface area contributed by atoms with Gasteiger partial charge in [-0.1, -0.05) is 6.07 Å². The minimum atomic E-state index is -0.479. The number of hydrogen-bond acceptors (Lipinski definition) is 4. The van der Waals surface area contributed by atoms with Crippen LogP contribution in [0.5, 0.6) is 0 Å². The maximum absolute atomic E-state index is 9.92. The van der Waals surface area contributed by atoms with Gasteiger partial charge >= 0.3 is 0 Å². The number of thiophene rings is 1. The number of aromatic nitrogens is 1. The monoisotopic (exact) mass is 274 g/mol. The number of hydrogen-bond donors (Lipinski definition) is 1. The molecule has 3 rings (SSSR count). The summed E-state index contributed by atoms with van der Waals surface area (Å²) in [6.07, 6.45) is 3.77. The number of nitrogens with zero attached hydrogens (tertiary/aromatic N) is 2. The zero-order valence-electron chi connectivity index (χ0n) is 11.0. The van der Waals surface area contributed by atoms with Crippen LogP contribution in [0.25, 0.3) is 0 Å². The van der Waals surface area contributed by atoms with E-state index < -0.39 is 6.10 Å². The smallest absolute Gasteiger partial charge is 0.134 e. The Kier molecular flexibility index (Phi) is 3.53. The van der Waals surface area contributed by atoms with Crippen molar-refractivity contribution in [2.24, 2.45) is 0 Å². The topological polar surface area (TPSA) is 36.4 Å². The van der Waals surface area contributed by atoms with Crippen LogP contribution in [0.2, 0.25) is 0 Å². The van der Waals surface area contributed by atoms with E-state index in [2.05, 4.69) is 26.7 Å². The third kappa shape index (κ3) is 2.80. The SMILES string of the molecule is CC(O)c1cccnc1N(Cc1ccsc1)C1CC1. The van der Waals surface area contributed by atoms with Crippen LogP contribution in [0.15, 0.2) is 35.2 Å². The molecule has 19 heavy (non-hydrogen) atoms. The van der Waals surface area contributed by atoms with E-state index in [0.717, 1.165) is 17.9 Å². The van der Waals surface area contributed by atoms with Crippen molar-refractivity contribution in [1.29, 1.82) is 0 Å². The Hall–Kier alpha value is -1.39. The Balaban J connectivity index is 1.92. The highest BCUT2D eigenvalue weighted by Crippen LogP contribution is 2.35. The lowest BCUT2D eigenvalue weighted by molar-refractivity contribution is 0.199. The average Bonchev–Trinajstić information content (AvgIpc) is 3.13. The van der Waals surface area contributed by atoms with Crippen LogP contribution in [-0.4, -0.2) is 16.1 Å².